The molecule has 0 saturated carbocycles. The fraction of sp³-hybridized carbons (Fsp3) is 0.800. The van der Waals surface area contributed by atoms with Crippen molar-refractivity contribution in [3.05, 3.63) is 12.2 Å². The number of hydrogen-bond donors (Lipinski definition) is 0. The summed E-state index contributed by atoms with van der Waals surface area (Å²) in [6.45, 7) is 13.7. The quantitative estimate of drug-likeness (QED) is 0.459. The van der Waals surface area contributed by atoms with Gasteiger partial charge in [0.15, 0.2) is 0 Å². The van der Waals surface area contributed by atoms with E-state index in [0.29, 0.717) is 11.8 Å². The molecule has 0 spiro atoms. The highest BCUT2D eigenvalue weighted by molar-refractivity contribution is 6.19. The maximum absolute atomic E-state index is 5.66. The van der Waals surface area contributed by atoms with E-state index in [-0.39, 0.29) is 0 Å². The molecule has 0 aromatic heterocycles. The molecule has 72 valence electrons. The second-order valence-electron chi connectivity index (χ2n) is 3.61. The second-order valence-corrected chi connectivity index (χ2v) is 3.87. The van der Waals surface area contributed by atoms with E-state index in [4.69, 9.17) is 11.6 Å². The van der Waals surface area contributed by atoms with Crippen molar-refractivity contribution in [3.8, 4) is 0 Å². The second kappa shape index (κ2) is 6.50. The predicted molar refractivity (Wildman–Crippen MR) is 56.8 cm³/mol. The zero-order chi connectivity index (χ0) is 9.56. The van der Waals surface area contributed by atoms with Crippen LogP contribution in [0.3, 0.4) is 0 Å². The van der Waals surface area contributed by atoms with Crippen molar-refractivity contribution in [2.75, 3.05) is 25.5 Å². The first-order valence-electron chi connectivity index (χ1n) is 4.55. The van der Waals surface area contributed by atoms with Crippen LogP contribution in [0, 0.1) is 5.92 Å². The predicted octanol–water partition coefficient (Wildman–Crippen LogP) is 2.76. The molecule has 0 aliphatic rings. The van der Waals surface area contributed by atoms with E-state index in [9.17, 15) is 0 Å². The van der Waals surface area contributed by atoms with Crippen LogP contribution in [-0.2, 0) is 0 Å². The van der Waals surface area contributed by atoms with Crippen molar-refractivity contribution in [1.82, 2.24) is 4.90 Å². The van der Waals surface area contributed by atoms with E-state index in [0.717, 1.165) is 25.2 Å². The Morgan fingerprint density at radius 1 is 1.50 bits per heavy atom. The minimum Gasteiger partial charge on any atom is -0.299 e. The lowest BCUT2D eigenvalue weighted by Crippen LogP contribution is -2.29. The van der Waals surface area contributed by atoms with Crippen LogP contribution in [0.15, 0.2) is 12.2 Å². The Bertz CT molecular complexity index is 132. The molecule has 0 aliphatic heterocycles. The fourth-order valence-electron chi connectivity index (χ4n) is 1.18. The third-order valence-corrected chi connectivity index (χ3v) is 2.08. The van der Waals surface area contributed by atoms with Gasteiger partial charge in [0.25, 0.3) is 0 Å². The molecule has 0 aromatic rings. The summed E-state index contributed by atoms with van der Waals surface area (Å²) in [4.78, 5) is 2.37. The molecule has 12 heavy (non-hydrogen) atoms. The monoisotopic (exact) mass is 189 g/mol. The van der Waals surface area contributed by atoms with E-state index in [1.807, 2.05) is 0 Å². The molecule has 2 heteroatoms. The topological polar surface area (TPSA) is 3.24 Å². The van der Waals surface area contributed by atoms with Crippen molar-refractivity contribution in [2.45, 2.75) is 20.8 Å². The van der Waals surface area contributed by atoms with E-state index in [1.54, 1.807) is 0 Å². The van der Waals surface area contributed by atoms with Crippen LogP contribution in [0.2, 0.25) is 0 Å². The van der Waals surface area contributed by atoms with Crippen LogP contribution in [0.1, 0.15) is 20.8 Å². The lowest BCUT2D eigenvalue weighted by atomic mass is 10.2. The smallest absolute Gasteiger partial charge is 0.0443 e. The zero-order valence-electron chi connectivity index (χ0n) is 8.44. The van der Waals surface area contributed by atoms with Gasteiger partial charge in [-0.15, -0.1) is 11.6 Å². The first-order chi connectivity index (χ1) is 5.60. The molecule has 0 bridgehead atoms. The molecular weight excluding hydrogens is 170 g/mol. The number of nitrogens with zero attached hydrogens (tertiary/aromatic N) is 1. The molecule has 0 fully saturated rings. The standard InChI is InChI=1S/C10H20ClN/c1-5-12(7-9(2)3)8-10(4)6-11/h9H,4-8H2,1-3H3. The van der Waals surface area contributed by atoms with Gasteiger partial charge in [-0.25, -0.2) is 0 Å². The summed E-state index contributed by atoms with van der Waals surface area (Å²) in [6, 6.07) is 0. The van der Waals surface area contributed by atoms with Crippen molar-refractivity contribution in [1.29, 1.82) is 0 Å². The normalized spacial score (nSPS) is 11.2. The lowest BCUT2D eigenvalue weighted by molar-refractivity contribution is 0.277. The van der Waals surface area contributed by atoms with Gasteiger partial charge in [0.05, 0.1) is 0 Å². The molecule has 0 atom stereocenters. The zero-order valence-corrected chi connectivity index (χ0v) is 9.19. The Morgan fingerprint density at radius 2 is 2.08 bits per heavy atom. The van der Waals surface area contributed by atoms with Gasteiger partial charge in [0.1, 0.15) is 0 Å². The molecule has 0 rings (SSSR count). The Kier molecular flexibility index (Phi) is 6.49. The van der Waals surface area contributed by atoms with Gasteiger partial charge in [-0.1, -0.05) is 27.4 Å². The van der Waals surface area contributed by atoms with Crippen LogP contribution in [-0.4, -0.2) is 30.4 Å². The number of rotatable bonds is 6. The molecule has 0 unspecified atom stereocenters. The minimum atomic E-state index is 0.578. The summed E-state index contributed by atoms with van der Waals surface area (Å²) in [6.07, 6.45) is 0. The number of halogens is 1. The molecular formula is C10H20ClN. The van der Waals surface area contributed by atoms with E-state index < -0.39 is 0 Å². The van der Waals surface area contributed by atoms with Gasteiger partial charge in [-0.2, -0.15) is 0 Å². The van der Waals surface area contributed by atoms with Crippen LogP contribution >= 0.6 is 11.6 Å². The Balaban J connectivity index is 3.74. The van der Waals surface area contributed by atoms with E-state index >= 15 is 0 Å². The number of hydrogen-bond acceptors (Lipinski definition) is 1. The van der Waals surface area contributed by atoms with Crippen molar-refractivity contribution in [3.63, 3.8) is 0 Å². The molecule has 1 nitrogen and oxygen atoms in total. The third kappa shape index (κ3) is 5.62. The molecule has 0 amide bonds. The van der Waals surface area contributed by atoms with Gasteiger partial charge in [0, 0.05) is 19.0 Å². The Morgan fingerprint density at radius 3 is 2.42 bits per heavy atom. The van der Waals surface area contributed by atoms with E-state index in [2.05, 4.69) is 32.3 Å². The summed E-state index contributed by atoms with van der Waals surface area (Å²) in [7, 11) is 0. The average molecular weight is 190 g/mol. The largest absolute Gasteiger partial charge is 0.299 e. The fourth-order valence-corrected chi connectivity index (χ4v) is 1.26. The van der Waals surface area contributed by atoms with E-state index in [1.165, 1.54) is 0 Å². The van der Waals surface area contributed by atoms with Crippen molar-refractivity contribution < 1.29 is 0 Å². The molecule has 0 saturated heterocycles. The lowest BCUT2D eigenvalue weighted by Gasteiger charge is -2.22. The van der Waals surface area contributed by atoms with Crippen LogP contribution in [0.25, 0.3) is 0 Å². The summed E-state index contributed by atoms with van der Waals surface area (Å²) in [5.41, 5.74) is 1.11. The highest BCUT2D eigenvalue weighted by Crippen LogP contribution is 2.03. The van der Waals surface area contributed by atoms with Crippen LogP contribution in [0.4, 0.5) is 0 Å². The van der Waals surface area contributed by atoms with Crippen LogP contribution in [0.5, 0.6) is 0 Å². The minimum absolute atomic E-state index is 0.578. The SMILES string of the molecule is C=C(CCl)CN(CC)CC(C)C. The van der Waals surface area contributed by atoms with Gasteiger partial charge < -0.3 is 0 Å². The summed E-state index contributed by atoms with van der Waals surface area (Å²) in [5.74, 6) is 1.29. The molecule has 0 aliphatic carbocycles. The highest BCUT2D eigenvalue weighted by Gasteiger charge is 2.05. The maximum Gasteiger partial charge on any atom is 0.0443 e. The molecule has 0 heterocycles. The summed E-state index contributed by atoms with van der Waals surface area (Å²) < 4.78 is 0. The Hall–Kier alpha value is -0.0100. The summed E-state index contributed by atoms with van der Waals surface area (Å²) >= 11 is 5.66. The van der Waals surface area contributed by atoms with Gasteiger partial charge >= 0.3 is 0 Å². The van der Waals surface area contributed by atoms with Crippen molar-refractivity contribution in [2.24, 2.45) is 5.92 Å². The third-order valence-electron chi connectivity index (χ3n) is 1.71. The molecule has 0 N–H and O–H groups in total. The average Bonchev–Trinajstić information content (AvgIpc) is 2.02. The Labute approximate surface area is 81.4 Å². The number of likely N-dealkylation sites (N-methyl/N-ethyl adjacent to an activating group) is 1. The highest BCUT2D eigenvalue weighted by atomic mass is 35.5. The molecule has 0 aromatic carbocycles. The maximum atomic E-state index is 5.66. The van der Waals surface area contributed by atoms with Crippen LogP contribution < -0.4 is 0 Å². The first kappa shape index (κ1) is 12.0. The molecule has 0 radical (unpaired) electrons. The van der Waals surface area contributed by atoms with Crippen molar-refractivity contribution >= 4 is 11.6 Å². The van der Waals surface area contributed by atoms with Gasteiger partial charge in [-0.3, -0.25) is 4.90 Å². The number of alkyl halides is 1. The van der Waals surface area contributed by atoms with Gasteiger partial charge in [-0.05, 0) is 18.0 Å². The van der Waals surface area contributed by atoms with Gasteiger partial charge in [0.2, 0.25) is 0 Å². The summed E-state index contributed by atoms with van der Waals surface area (Å²) in [5, 5.41) is 0. The first-order valence-corrected chi connectivity index (χ1v) is 5.08.